The van der Waals surface area contributed by atoms with E-state index >= 15 is 0 Å². The standard InChI is InChI=1S/C16H17NO4/c1-17(10-11-6-8-12(21-2)9-7-11)16(20)15-13(18)4-3-5-14(15)19/h3-9,18-19H,10H2,1-2H3. The molecule has 0 radical (unpaired) electrons. The fourth-order valence-corrected chi connectivity index (χ4v) is 2.01. The number of benzene rings is 2. The second kappa shape index (κ2) is 6.17. The average molecular weight is 287 g/mol. The lowest BCUT2D eigenvalue weighted by Crippen LogP contribution is -2.26. The van der Waals surface area contributed by atoms with E-state index in [1.807, 2.05) is 24.3 Å². The van der Waals surface area contributed by atoms with Gasteiger partial charge in [0, 0.05) is 13.6 Å². The van der Waals surface area contributed by atoms with Crippen molar-refractivity contribution in [2.75, 3.05) is 14.2 Å². The minimum Gasteiger partial charge on any atom is -0.507 e. The van der Waals surface area contributed by atoms with Crippen molar-refractivity contribution < 1.29 is 19.7 Å². The molecule has 0 heterocycles. The summed E-state index contributed by atoms with van der Waals surface area (Å²) < 4.78 is 5.08. The molecule has 2 N–H and O–H groups in total. The second-order valence-electron chi connectivity index (χ2n) is 4.68. The summed E-state index contributed by atoms with van der Waals surface area (Å²) in [5.74, 6) is -0.171. The van der Waals surface area contributed by atoms with Crippen molar-refractivity contribution in [3.05, 3.63) is 53.6 Å². The van der Waals surface area contributed by atoms with Crippen molar-refractivity contribution in [3.8, 4) is 17.2 Å². The first-order valence-corrected chi connectivity index (χ1v) is 6.42. The fourth-order valence-electron chi connectivity index (χ4n) is 2.01. The van der Waals surface area contributed by atoms with E-state index in [1.54, 1.807) is 14.2 Å². The van der Waals surface area contributed by atoms with Crippen LogP contribution in [0.15, 0.2) is 42.5 Å². The Morgan fingerprint density at radius 2 is 1.67 bits per heavy atom. The fraction of sp³-hybridized carbons (Fsp3) is 0.188. The van der Waals surface area contributed by atoms with Crippen LogP contribution >= 0.6 is 0 Å². The van der Waals surface area contributed by atoms with Crippen LogP contribution in [0.1, 0.15) is 15.9 Å². The van der Waals surface area contributed by atoms with Crippen LogP contribution in [0.2, 0.25) is 0 Å². The molecule has 110 valence electrons. The Hall–Kier alpha value is -2.69. The van der Waals surface area contributed by atoms with Crippen molar-refractivity contribution in [2.45, 2.75) is 6.54 Å². The maximum absolute atomic E-state index is 12.3. The quantitative estimate of drug-likeness (QED) is 0.905. The predicted molar refractivity (Wildman–Crippen MR) is 78.6 cm³/mol. The number of hydrogen-bond acceptors (Lipinski definition) is 4. The van der Waals surface area contributed by atoms with Crippen LogP contribution in [0.3, 0.4) is 0 Å². The third kappa shape index (κ3) is 3.25. The number of carbonyl (C=O) groups excluding carboxylic acids is 1. The summed E-state index contributed by atoms with van der Waals surface area (Å²) in [6, 6.07) is 11.5. The first-order valence-electron chi connectivity index (χ1n) is 6.42. The van der Waals surface area contributed by atoms with Gasteiger partial charge in [-0.05, 0) is 29.8 Å². The van der Waals surface area contributed by atoms with E-state index in [0.717, 1.165) is 11.3 Å². The Labute approximate surface area is 123 Å². The first-order chi connectivity index (χ1) is 10.0. The summed E-state index contributed by atoms with van der Waals surface area (Å²) in [4.78, 5) is 13.7. The molecule has 2 rings (SSSR count). The highest BCUT2D eigenvalue weighted by atomic mass is 16.5. The molecule has 2 aromatic rings. The van der Waals surface area contributed by atoms with Gasteiger partial charge in [0.05, 0.1) is 7.11 Å². The van der Waals surface area contributed by atoms with Crippen LogP contribution in [0, 0.1) is 0 Å². The van der Waals surface area contributed by atoms with E-state index in [1.165, 1.54) is 23.1 Å². The highest BCUT2D eigenvalue weighted by Crippen LogP contribution is 2.27. The normalized spacial score (nSPS) is 10.2. The predicted octanol–water partition coefficient (Wildman–Crippen LogP) is 2.38. The highest BCUT2D eigenvalue weighted by Gasteiger charge is 2.19. The number of aromatic hydroxyl groups is 2. The van der Waals surface area contributed by atoms with Crippen molar-refractivity contribution >= 4 is 5.91 Å². The van der Waals surface area contributed by atoms with Crippen LogP contribution in [-0.2, 0) is 6.54 Å². The Bertz CT molecular complexity index is 617. The molecule has 0 aromatic heterocycles. The summed E-state index contributed by atoms with van der Waals surface area (Å²) >= 11 is 0. The second-order valence-corrected chi connectivity index (χ2v) is 4.68. The Balaban J connectivity index is 2.15. The molecule has 2 aromatic carbocycles. The van der Waals surface area contributed by atoms with E-state index in [2.05, 4.69) is 0 Å². The van der Waals surface area contributed by atoms with Gasteiger partial charge in [-0.3, -0.25) is 4.79 Å². The van der Waals surface area contributed by atoms with Gasteiger partial charge in [-0.1, -0.05) is 18.2 Å². The molecular formula is C16H17NO4. The molecule has 0 aliphatic rings. The van der Waals surface area contributed by atoms with Crippen molar-refractivity contribution in [1.82, 2.24) is 4.90 Å². The number of methoxy groups -OCH3 is 1. The zero-order chi connectivity index (χ0) is 15.4. The third-order valence-electron chi connectivity index (χ3n) is 3.16. The molecule has 0 saturated carbocycles. The van der Waals surface area contributed by atoms with Crippen molar-refractivity contribution in [3.63, 3.8) is 0 Å². The topological polar surface area (TPSA) is 70.0 Å². The van der Waals surface area contributed by atoms with Crippen LogP contribution in [0.5, 0.6) is 17.2 Å². The van der Waals surface area contributed by atoms with Crippen LogP contribution in [0.4, 0.5) is 0 Å². The van der Waals surface area contributed by atoms with Crippen LogP contribution in [-0.4, -0.2) is 35.2 Å². The minimum atomic E-state index is -0.443. The van der Waals surface area contributed by atoms with Crippen molar-refractivity contribution in [2.24, 2.45) is 0 Å². The number of rotatable bonds is 4. The molecular weight excluding hydrogens is 270 g/mol. The zero-order valence-corrected chi connectivity index (χ0v) is 11.9. The first kappa shape index (κ1) is 14.7. The van der Waals surface area contributed by atoms with Crippen LogP contribution < -0.4 is 4.74 Å². The van der Waals surface area contributed by atoms with E-state index in [0.29, 0.717) is 6.54 Å². The molecule has 0 unspecified atom stereocenters. The molecule has 0 atom stereocenters. The SMILES string of the molecule is COc1ccc(CN(C)C(=O)c2c(O)cccc2O)cc1. The molecule has 0 spiro atoms. The van der Waals surface area contributed by atoms with Gasteiger partial charge in [-0.25, -0.2) is 0 Å². The molecule has 5 heteroatoms. The molecule has 21 heavy (non-hydrogen) atoms. The van der Waals surface area contributed by atoms with Gasteiger partial charge in [0.15, 0.2) is 0 Å². The van der Waals surface area contributed by atoms with E-state index in [-0.39, 0.29) is 17.1 Å². The average Bonchev–Trinajstić information content (AvgIpc) is 2.47. The van der Waals surface area contributed by atoms with Gasteiger partial charge in [-0.2, -0.15) is 0 Å². The third-order valence-corrected chi connectivity index (χ3v) is 3.16. The summed E-state index contributed by atoms with van der Waals surface area (Å²) in [5, 5.41) is 19.4. The Morgan fingerprint density at radius 1 is 1.10 bits per heavy atom. The lowest BCUT2D eigenvalue weighted by Gasteiger charge is -2.18. The number of amides is 1. The Kier molecular flexibility index (Phi) is 4.33. The largest absolute Gasteiger partial charge is 0.507 e. The van der Waals surface area contributed by atoms with E-state index in [9.17, 15) is 15.0 Å². The van der Waals surface area contributed by atoms with Gasteiger partial charge in [0.1, 0.15) is 22.8 Å². The number of nitrogens with zero attached hydrogens (tertiary/aromatic N) is 1. The smallest absolute Gasteiger partial charge is 0.261 e. The molecule has 0 aliphatic heterocycles. The van der Waals surface area contributed by atoms with E-state index < -0.39 is 5.91 Å². The molecule has 0 fully saturated rings. The maximum atomic E-state index is 12.3. The highest BCUT2D eigenvalue weighted by molar-refractivity contribution is 5.99. The number of carbonyl (C=O) groups is 1. The van der Waals surface area contributed by atoms with Gasteiger partial charge in [0.25, 0.3) is 5.91 Å². The number of phenols is 2. The summed E-state index contributed by atoms with van der Waals surface area (Å²) in [5.41, 5.74) is 0.829. The maximum Gasteiger partial charge on any atom is 0.261 e. The number of hydrogen-bond donors (Lipinski definition) is 2. The molecule has 1 amide bonds. The van der Waals surface area contributed by atoms with Gasteiger partial charge < -0.3 is 19.8 Å². The molecule has 0 aliphatic carbocycles. The lowest BCUT2D eigenvalue weighted by atomic mass is 10.1. The summed E-state index contributed by atoms with van der Waals surface area (Å²) in [7, 11) is 3.20. The van der Waals surface area contributed by atoms with E-state index in [4.69, 9.17) is 4.74 Å². The van der Waals surface area contributed by atoms with Crippen LogP contribution in [0.25, 0.3) is 0 Å². The minimum absolute atomic E-state index is 0.0893. The number of ether oxygens (including phenoxy) is 1. The lowest BCUT2D eigenvalue weighted by molar-refractivity contribution is 0.0779. The van der Waals surface area contributed by atoms with Gasteiger partial charge in [0.2, 0.25) is 0 Å². The monoisotopic (exact) mass is 287 g/mol. The molecule has 0 bridgehead atoms. The van der Waals surface area contributed by atoms with Gasteiger partial charge >= 0.3 is 0 Å². The summed E-state index contributed by atoms with van der Waals surface area (Å²) in [6.07, 6.45) is 0. The summed E-state index contributed by atoms with van der Waals surface area (Å²) in [6.45, 7) is 0.358. The molecule has 0 saturated heterocycles. The van der Waals surface area contributed by atoms with Gasteiger partial charge in [-0.15, -0.1) is 0 Å². The number of phenolic OH excluding ortho intramolecular Hbond substituents is 2. The van der Waals surface area contributed by atoms with Crippen molar-refractivity contribution in [1.29, 1.82) is 0 Å². The zero-order valence-electron chi connectivity index (χ0n) is 11.9. The Morgan fingerprint density at radius 3 is 2.19 bits per heavy atom. The molecule has 5 nitrogen and oxygen atoms in total.